The summed E-state index contributed by atoms with van der Waals surface area (Å²) < 4.78 is 54.1. The van der Waals surface area contributed by atoms with Gasteiger partial charge in [-0.3, -0.25) is 9.36 Å². The van der Waals surface area contributed by atoms with Crippen LogP contribution in [0.3, 0.4) is 0 Å². The third kappa shape index (κ3) is 3.60. The van der Waals surface area contributed by atoms with E-state index in [0.717, 1.165) is 32.4 Å². The summed E-state index contributed by atoms with van der Waals surface area (Å²) in [7, 11) is 0.875. The van der Waals surface area contributed by atoms with Gasteiger partial charge in [0.25, 0.3) is 5.56 Å². The fourth-order valence-corrected chi connectivity index (χ4v) is 3.46. The topological polar surface area (TPSA) is 47.2 Å². The monoisotopic (exact) mass is 405 g/mol. The van der Waals surface area contributed by atoms with Crippen LogP contribution in [0.5, 0.6) is 0 Å². The highest BCUT2D eigenvalue weighted by Gasteiger charge is 2.35. The maximum atomic E-state index is 14.5. The number of anilines is 1. The molecule has 0 amide bonds. The fraction of sp³-hybridized carbons (Fsp3) is 0.412. The van der Waals surface area contributed by atoms with Crippen LogP contribution in [-0.2, 0) is 13.2 Å². The van der Waals surface area contributed by atoms with Crippen LogP contribution in [0.15, 0.2) is 27.8 Å². The van der Waals surface area contributed by atoms with Gasteiger partial charge in [0.2, 0.25) is 0 Å². The highest BCUT2D eigenvalue weighted by molar-refractivity contribution is 6.33. The Morgan fingerprint density at radius 3 is 2.22 bits per heavy atom. The van der Waals surface area contributed by atoms with Gasteiger partial charge in [-0.15, -0.1) is 0 Å². The lowest BCUT2D eigenvalue weighted by Gasteiger charge is -2.30. The summed E-state index contributed by atoms with van der Waals surface area (Å²) in [5.41, 5.74) is -3.96. The maximum Gasteiger partial charge on any atom is 0.431 e. The fourth-order valence-electron chi connectivity index (χ4n) is 3.19. The first-order valence-corrected chi connectivity index (χ1v) is 8.63. The number of aromatic nitrogens is 2. The van der Waals surface area contributed by atoms with Crippen LogP contribution in [0.2, 0.25) is 5.02 Å². The molecule has 1 saturated heterocycles. The second-order valence-corrected chi connectivity index (χ2v) is 6.75. The first-order valence-electron chi connectivity index (χ1n) is 8.26. The van der Waals surface area contributed by atoms with Crippen molar-refractivity contribution in [1.29, 1.82) is 0 Å². The van der Waals surface area contributed by atoms with E-state index in [1.54, 1.807) is 0 Å². The molecule has 0 atom stereocenters. The molecule has 0 saturated carbocycles. The highest BCUT2D eigenvalue weighted by atomic mass is 35.5. The number of halogens is 5. The molecular weight excluding hydrogens is 390 g/mol. The molecule has 0 bridgehead atoms. The van der Waals surface area contributed by atoms with Crippen molar-refractivity contribution >= 4 is 17.3 Å². The molecule has 3 rings (SSSR count). The van der Waals surface area contributed by atoms with Gasteiger partial charge in [0, 0.05) is 26.2 Å². The molecule has 1 aromatic heterocycles. The van der Waals surface area contributed by atoms with Gasteiger partial charge in [0.1, 0.15) is 11.5 Å². The Kier molecular flexibility index (Phi) is 5.07. The largest absolute Gasteiger partial charge is 0.431 e. The second-order valence-electron chi connectivity index (χ2n) is 6.35. The lowest BCUT2D eigenvalue weighted by Crippen LogP contribution is -2.41. The standard InChI is InChI=1S/C17H16ClF4N3O2/c1-23-14(17(20,21)22)9-15(26)25(16(23)27)13-8-12(10(18)7-11(13)19)24-5-3-2-4-6-24/h7-9H,2-6H2,1H3. The van der Waals surface area contributed by atoms with Gasteiger partial charge in [-0.05, 0) is 31.4 Å². The van der Waals surface area contributed by atoms with E-state index in [2.05, 4.69) is 0 Å². The van der Waals surface area contributed by atoms with E-state index < -0.39 is 34.6 Å². The highest BCUT2D eigenvalue weighted by Crippen LogP contribution is 2.32. The van der Waals surface area contributed by atoms with Gasteiger partial charge in [-0.25, -0.2) is 13.8 Å². The number of rotatable bonds is 2. The average molecular weight is 406 g/mol. The van der Waals surface area contributed by atoms with Gasteiger partial charge in [-0.1, -0.05) is 11.6 Å². The molecule has 0 spiro atoms. The van der Waals surface area contributed by atoms with E-state index in [0.29, 0.717) is 23.3 Å². The van der Waals surface area contributed by atoms with E-state index >= 15 is 0 Å². The van der Waals surface area contributed by atoms with Crippen molar-refractivity contribution < 1.29 is 17.6 Å². The van der Waals surface area contributed by atoms with Crippen LogP contribution < -0.4 is 16.1 Å². The molecule has 27 heavy (non-hydrogen) atoms. The maximum absolute atomic E-state index is 14.5. The molecule has 0 aliphatic carbocycles. The van der Waals surface area contributed by atoms with E-state index in [1.165, 1.54) is 6.07 Å². The number of nitrogens with zero attached hydrogens (tertiary/aromatic N) is 3. The van der Waals surface area contributed by atoms with E-state index in [9.17, 15) is 27.2 Å². The minimum absolute atomic E-state index is 0.106. The van der Waals surface area contributed by atoms with Gasteiger partial charge in [-0.2, -0.15) is 13.2 Å². The van der Waals surface area contributed by atoms with Gasteiger partial charge < -0.3 is 4.90 Å². The molecule has 1 aromatic carbocycles. The van der Waals surface area contributed by atoms with Crippen molar-refractivity contribution in [3.63, 3.8) is 0 Å². The van der Waals surface area contributed by atoms with Crippen molar-refractivity contribution in [3.05, 3.63) is 55.6 Å². The molecule has 0 radical (unpaired) electrons. The molecule has 2 aromatic rings. The molecule has 0 N–H and O–H groups in total. The first-order chi connectivity index (χ1) is 12.6. The number of alkyl halides is 3. The third-order valence-electron chi connectivity index (χ3n) is 4.56. The van der Waals surface area contributed by atoms with Crippen molar-refractivity contribution in [2.45, 2.75) is 25.4 Å². The quantitative estimate of drug-likeness (QED) is 0.720. The number of benzene rings is 1. The minimum atomic E-state index is -4.89. The average Bonchev–Trinajstić information content (AvgIpc) is 2.59. The van der Waals surface area contributed by atoms with Crippen molar-refractivity contribution in [2.75, 3.05) is 18.0 Å². The Balaban J connectivity index is 2.21. The Bertz CT molecular complexity index is 991. The van der Waals surface area contributed by atoms with Crippen LogP contribution >= 0.6 is 11.6 Å². The lowest BCUT2D eigenvalue weighted by atomic mass is 10.1. The Labute approximate surface area is 156 Å². The van der Waals surface area contributed by atoms with Gasteiger partial charge in [0.05, 0.1) is 16.4 Å². The van der Waals surface area contributed by atoms with Crippen LogP contribution in [0.1, 0.15) is 25.0 Å². The van der Waals surface area contributed by atoms with Crippen molar-refractivity contribution in [3.8, 4) is 5.69 Å². The van der Waals surface area contributed by atoms with Crippen LogP contribution in [-0.4, -0.2) is 22.2 Å². The number of hydrogen-bond donors (Lipinski definition) is 0. The molecule has 0 unspecified atom stereocenters. The molecular formula is C17H16ClF4N3O2. The van der Waals surface area contributed by atoms with Crippen molar-refractivity contribution in [2.24, 2.45) is 7.05 Å². The molecule has 1 aliphatic heterocycles. The zero-order valence-electron chi connectivity index (χ0n) is 14.3. The predicted octanol–water partition coefficient (Wildman–Crippen LogP) is 3.34. The van der Waals surface area contributed by atoms with Crippen LogP contribution in [0, 0.1) is 5.82 Å². The summed E-state index contributed by atoms with van der Waals surface area (Å²) in [6, 6.07) is 2.47. The van der Waals surface area contributed by atoms with Crippen LogP contribution in [0.25, 0.3) is 5.69 Å². The summed E-state index contributed by atoms with van der Waals surface area (Å²) in [4.78, 5) is 26.5. The molecule has 5 nitrogen and oxygen atoms in total. The van der Waals surface area contributed by atoms with Crippen molar-refractivity contribution in [1.82, 2.24) is 9.13 Å². The number of hydrogen-bond acceptors (Lipinski definition) is 3. The molecule has 1 aliphatic rings. The summed E-state index contributed by atoms with van der Waals surface area (Å²) in [6.07, 6.45) is -2.03. The summed E-state index contributed by atoms with van der Waals surface area (Å²) in [5, 5.41) is 0.106. The smallest absolute Gasteiger partial charge is 0.370 e. The minimum Gasteiger partial charge on any atom is -0.370 e. The SMILES string of the molecule is Cn1c(C(F)(F)F)cc(=O)n(-c2cc(N3CCCCC3)c(Cl)cc2F)c1=O. The van der Waals surface area contributed by atoms with E-state index in [4.69, 9.17) is 11.6 Å². The zero-order valence-corrected chi connectivity index (χ0v) is 15.1. The lowest BCUT2D eigenvalue weighted by molar-refractivity contribution is -0.144. The molecule has 10 heteroatoms. The number of piperidine rings is 1. The second kappa shape index (κ2) is 7.03. The van der Waals surface area contributed by atoms with E-state index in [1.807, 2.05) is 4.90 Å². The summed E-state index contributed by atoms with van der Waals surface area (Å²) >= 11 is 6.12. The Morgan fingerprint density at radius 2 is 1.63 bits per heavy atom. The molecule has 1 fully saturated rings. The first kappa shape index (κ1) is 19.5. The molecule has 146 valence electrons. The normalized spacial score (nSPS) is 15.3. The van der Waals surface area contributed by atoms with Gasteiger partial charge in [0.15, 0.2) is 0 Å². The summed E-state index contributed by atoms with van der Waals surface area (Å²) in [5.74, 6) is -0.972. The Morgan fingerprint density at radius 1 is 1.00 bits per heavy atom. The Hall–Kier alpha value is -2.29. The van der Waals surface area contributed by atoms with Crippen LogP contribution in [0.4, 0.5) is 23.2 Å². The predicted molar refractivity (Wildman–Crippen MR) is 93.3 cm³/mol. The summed E-state index contributed by atoms with van der Waals surface area (Å²) in [6.45, 7) is 1.34. The molecule has 2 heterocycles. The van der Waals surface area contributed by atoms with Gasteiger partial charge >= 0.3 is 11.9 Å². The third-order valence-corrected chi connectivity index (χ3v) is 4.87. The zero-order chi connectivity index (χ0) is 19.9. The van der Waals surface area contributed by atoms with E-state index in [-0.39, 0.29) is 15.7 Å².